The maximum atomic E-state index is 12.1. The van der Waals surface area contributed by atoms with Crippen LogP contribution in [0.25, 0.3) is 10.8 Å². The normalized spacial score (nSPS) is 17.4. The first-order valence-corrected chi connectivity index (χ1v) is 15.1. The molecule has 2 aromatic carbocycles. The Bertz CT molecular complexity index is 1040. The summed E-state index contributed by atoms with van der Waals surface area (Å²) in [7, 11) is -2.19. The first-order chi connectivity index (χ1) is 16.0. The zero-order valence-corrected chi connectivity index (χ0v) is 22.4. The Labute approximate surface area is 204 Å². The number of benzene rings is 2. The van der Waals surface area contributed by atoms with Gasteiger partial charge in [-0.05, 0) is 60.2 Å². The highest BCUT2D eigenvalue weighted by Gasteiger charge is 2.44. The molecule has 0 radical (unpaired) electrons. The molecule has 1 heterocycles. The van der Waals surface area contributed by atoms with Gasteiger partial charge in [0, 0.05) is 18.6 Å². The summed E-state index contributed by atoms with van der Waals surface area (Å²) in [6.07, 6.45) is 4.69. The summed E-state index contributed by atoms with van der Waals surface area (Å²) in [6, 6.07) is 14.9. The van der Waals surface area contributed by atoms with Gasteiger partial charge in [-0.1, -0.05) is 69.7 Å². The summed E-state index contributed by atoms with van der Waals surface area (Å²) in [5.41, 5.74) is 1.98. The topological polar surface area (TPSA) is 61.8 Å². The smallest absolute Gasteiger partial charge is 0.333 e. The molecule has 0 aromatic heterocycles. The zero-order chi connectivity index (χ0) is 24.9. The molecule has 1 aliphatic rings. The number of hydrogen-bond donors (Lipinski definition) is 0. The van der Waals surface area contributed by atoms with Crippen LogP contribution in [0.3, 0.4) is 0 Å². The van der Waals surface area contributed by atoms with Crippen molar-refractivity contribution in [2.75, 3.05) is 0 Å². The lowest BCUT2D eigenvalue weighted by Gasteiger charge is -2.38. The minimum absolute atomic E-state index is 0.0361. The number of rotatable bonds is 10. The van der Waals surface area contributed by atoms with Crippen molar-refractivity contribution in [3.05, 3.63) is 59.7 Å². The fourth-order valence-corrected chi connectivity index (χ4v) is 5.09. The molecular formula is C28H38O5Si. The van der Waals surface area contributed by atoms with Gasteiger partial charge in [0.25, 0.3) is 0 Å². The monoisotopic (exact) mass is 482 g/mol. The third kappa shape index (κ3) is 6.57. The number of carbonyl (C=O) groups is 2. The molecule has 0 saturated carbocycles. The lowest BCUT2D eigenvalue weighted by atomic mass is 9.98. The summed E-state index contributed by atoms with van der Waals surface area (Å²) in [5.74, 6) is -0.807. The third-order valence-electron chi connectivity index (χ3n) is 6.96. The molecule has 3 rings (SSSR count). The SMILES string of the molecule is CC(=O)OC(CCCCCc1cccc2ccccc12)C1=CC(=O)OC1O[Si](C)(C)C(C)(C)C. The Hall–Kier alpha value is -2.44. The van der Waals surface area contributed by atoms with Crippen molar-refractivity contribution in [2.45, 2.75) is 90.3 Å². The van der Waals surface area contributed by atoms with Crippen molar-refractivity contribution in [1.29, 1.82) is 0 Å². The van der Waals surface area contributed by atoms with Crippen molar-refractivity contribution < 1.29 is 23.5 Å². The van der Waals surface area contributed by atoms with Crippen LogP contribution in [0.5, 0.6) is 0 Å². The number of cyclic esters (lactones) is 1. The molecule has 0 amide bonds. The minimum atomic E-state index is -2.19. The molecular weight excluding hydrogens is 444 g/mol. The molecule has 34 heavy (non-hydrogen) atoms. The van der Waals surface area contributed by atoms with E-state index in [0.717, 1.165) is 25.7 Å². The molecule has 1 aliphatic heterocycles. The fraction of sp³-hybridized carbons (Fsp3) is 0.500. The molecule has 0 N–H and O–H groups in total. The molecule has 2 atom stereocenters. The number of aryl methyl sites for hydroxylation is 1. The van der Waals surface area contributed by atoms with Gasteiger partial charge < -0.3 is 13.9 Å². The van der Waals surface area contributed by atoms with Gasteiger partial charge in [-0.2, -0.15) is 0 Å². The van der Waals surface area contributed by atoms with Crippen molar-refractivity contribution >= 4 is 31.0 Å². The second-order valence-corrected chi connectivity index (χ2v) is 15.4. The molecule has 0 fully saturated rings. The molecule has 2 unspecified atom stereocenters. The lowest BCUT2D eigenvalue weighted by molar-refractivity contribution is -0.152. The minimum Gasteiger partial charge on any atom is -0.458 e. The van der Waals surface area contributed by atoms with Crippen LogP contribution in [0, 0.1) is 0 Å². The Balaban J connectivity index is 1.61. The summed E-state index contributed by atoms with van der Waals surface area (Å²) in [4.78, 5) is 24.0. The van der Waals surface area contributed by atoms with E-state index in [1.807, 2.05) is 0 Å². The van der Waals surface area contributed by atoms with Crippen molar-refractivity contribution in [3.63, 3.8) is 0 Å². The van der Waals surface area contributed by atoms with Crippen LogP contribution in [-0.4, -0.2) is 32.6 Å². The Morgan fingerprint density at radius 1 is 1.06 bits per heavy atom. The number of hydrogen-bond acceptors (Lipinski definition) is 5. The largest absolute Gasteiger partial charge is 0.458 e. The summed E-state index contributed by atoms with van der Waals surface area (Å²) in [6.45, 7) is 12.0. The van der Waals surface area contributed by atoms with Crippen LogP contribution in [0.2, 0.25) is 18.1 Å². The van der Waals surface area contributed by atoms with E-state index in [9.17, 15) is 9.59 Å². The summed E-state index contributed by atoms with van der Waals surface area (Å²) < 4.78 is 17.5. The average molecular weight is 483 g/mol. The molecule has 0 saturated heterocycles. The van der Waals surface area contributed by atoms with Crippen molar-refractivity contribution in [3.8, 4) is 0 Å². The van der Waals surface area contributed by atoms with Crippen LogP contribution in [-0.2, 0) is 29.9 Å². The molecule has 5 nitrogen and oxygen atoms in total. The van der Waals surface area contributed by atoms with Crippen LogP contribution >= 0.6 is 0 Å². The van der Waals surface area contributed by atoms with E-state index >= 15 is 0 Å². The van der Waals surface area contributed by atoms with E-state index in [-0.39, 0.29) is 11.0 Å². The van der Waals surface area contributed by atoms with Gasteiger partial charge in [-0.25, -0.2) is 4.79 Å². The van der Waals surface area contributed by atoms with E-state index in [1.54, 1.807) is 0 Å². The Morgan fingerprint density at radius 2 is 1.76 bits per heavy atom. The molecule has 0 aliphatic carbocycles. The maximum absolute atomic E-state index is 12.1. The van der Waals surface area contributed by atoms with Crippen molar-refractivity contribution in [1.82, 2.24) is 0 Å². The van der Waals surface area contributed by atoms with E-state index in [0.29, 0.717) is 12.0 Å². The highest BCUT2D eigenvalue weighted by Crippen LogP contribution is 2.39. The predicted octanol–water partition coefficient (Wildman–Crippen LogP) is 6.71. The van der Waals surface area contributed by atoms with E-state index in [4.69, 9.17) is 13.9 Å². The van der Waals surface area contributed by atoms with Crippen LogP contribution < -0.4 is 0 Å². The number of esters is 2. The van der Waals surface area contributed by atoms with Crippen molar-refractivity contribution in [2.24, 2.45) is 0 Å². The molecule has 0 bridgehead atoms. The second-order valence-electron chi connectivity index (χ2n) is 10.6. The Morgan fingerprint density at radius 3 is 2.47 bits per heavy atom. The van der Waals surface area contributed by atoms with Gasteiger partial charge in [-0.15, -0.1) is 0 Å². The van der Waals surface area contributed by atoms with Gasteiger partial charge in [0.15, 0.2) is 8.32 Å². The molecule has 0 spiro atoms. The predicted molar refractivity (Wildman–Crippen MR) is 138 cm³/mol. The second kappa shape index (κ2) is 10.9. The maximum Gasteiger partial charge on any atom is 0.333 e. The first kappa shape index (κ1) is 26.2. The number of ether oxygens (including phenoxy) is 2. The number of unbranched alkanes of at least 4 members (excludes halogenated alkanes) is 2. The Kier molecular flexibility index (Phi) is 8.37. The van der Waals surface area contributed by atoms with Crippen LogP contribution in [0.1, 0.15) is 58.9 Å². The van der Waals surface area contributed by atoms with E-state index < -0.39 is 26.7 Å². The highest BCUT2D eigenvalue weighted by molar-refractivity contribution is 6.74. The molecule has 6 heteroatoms. The number of fused-ring (bicyclic) bond motifs is 1. The average Bonchev–Trinajstić information content (AvgIpc) is 3.11. The molecule has 184 valence electrons. The van der Waals surface area contributed by atoms with Crippen LogP contribution in [0.4, 0.5) is 0 Å². The van der Waals surface area contributed by atoms with E-state index in [2.05, 4.69) is 76.3 Å². The van der Waals surface area contributed by atoms with Gasteiger partial charge in [0.05, 0.1) is 0 Å². The first-order valence-electron chi connectivity index (χ1n) is 12.2. The lowest BCUT2D eigenvalue weighted by Crippen LogP contribution is -2.45. The summed E-state index contributed by atoms with van der Waals surface area (Å²) in [5, 5.41) is 2.53. The summed E-state index contributed by atoms with van der Waals surface area (Å²) >= 11 is 0. The molecule has 2 aromatic rings. The standard InChI is InChI=1S/C28H38O5Si/c1-20(29)31-25(24-19-26(30)32-27(24)33-34(5,6)28(2,3)4)18-9-7-8-13-21-15-12-16-22-14-10-11-17-23(21)22/h10-12,14-17,19,25,27H,7-9,13,18H2,1-6H3. The van der Waals surface area contributed by atoms with Gasteiger partial charge in [0.1, 0.15) is 6.10 Å². The van der Waals surface area contributed by atoms with Crippen LogP contribution in [0.15, 0.2) is 54.1 Å². The third-order valence-corrected chi connectivity index (χ3v) is 11.4. The van der Waals surface area contributed by atoms with Gasteiger partial charge in [0.2, 0.25) is 6.29 Å². The zero-order valence-electron chi connectivity index (χ0n) is 21.4. The quantitative estimate of drug-likeness (QED) is 0.214. The number of carbonyl (C=O) groups excluding carboxylic acids is 2. The van der Waals surface area contributed by atoms with Gasteiger partial charge in [-0.3, -0.25) is 4.79 Å². The fourth-order valence-electron chi connectivity index (χ4n) is 4.02. The van der Waals surface area contributed by atoms with E-state index in [1.165, 1.54) is 29.3 Å². The highest BCUT2D eigenvalue weighted by atomic mass is 28.4. The van der Waals surface area contributed by atoms with Gasteiger partial charge >= 0.3 is 11.9 Å².